The van der Waals surface area contributed by atoms with Crippen LogP contribution in [0, 0.1) is 11.8 Å². The lowest BCUT2D eigenvalue weighted by atomic mass is 9.67. The largest absolute Gasteiger partial charge is 0.356 e. The Bertz CT molecular complexity index is 847. The molecule has 2 amide bonds. The van der Waals surface area contributed by atoms with Crippen molar-refractivity contribution < 1.29 is 14.3 Å². The lowest BCUT2D eigenvalue weighted by molar-refractivity contribution is -0.143. The zero-order valence-corrected chi connectivity index (χ0v) is 12.6. The van der Waals surface area contributed by atoms with Gasteiger partial charge in [0.25, 0.3) is 0 Å². The summed E-state index contributed by atoms with van der Waals surface area (Å²) in [7, 11) is 1.58. The summed E-state index contributed by atoms with van der Waals surface area (Å²) < 4.78 is 6.40. The molecule has 2 bridgehead atoms. The van der Waals surface area contributed by atoms with E-state index < -0.39 is 17.4 Å². The smallest absolute Gasteiger partial charge is 0.236 e. The van der Waals surface area contributed by atoms with Gasteiger partial charge in [-0.25, -0.2) is 0 Å². The van der Waals surface area contributed by atoms with Gasteiger partial charge in [-0.15, -0.1) is 0 Å². The minimum atomic E-state index is -0.843. The van der Waals surface area contributed by atoms with Gasteiger partial charge in [0.05, 0.1) is 17.9 Å². The van der Waals surface area contributed by atoms with E-state index in [9.17, 15) is 9.59 Å². The first-order chi connectivity index (χ1) is 11.2. The van der Waals surface area contributed by atoms with Gasteiger partial charge < -0.3 is 4.74 Å². The monoisotopic (exact) mass is 305 g/mol. The number of likely N-dealkylation sites (tertiary alicyclic amines) is 1. The highest BCUT2D eigenvalue weighted by Gasteiger charge is 2.71. The molecule has 5 rings (SSSR count). The maximum absolute atomic E-state index is 12.8. The molecule has 0 unspecified atom stereocenters. The first-order valence-corrected chi connectivity index (χ1v) is 7.80. The number of carbonyl (C=O) groups is 2. The summed E-state index contributed by atoms with van der Waals surface area (Å²) >= 11 is 0. The third kappa shape index (κ3) is 1.32. The van der Waals surface area contributed by atoms with Gasteiger partial charge in [0.2, 0.25) is 11.8 Å². The van der Waals surface area contributed by atoms with Crippen molar-refractivity contribution in [1.29, 1.82) is 0 Å². The summed E-state index contributed by atoms with van der Waals surface area (Å²) in [5.74, 6) is -1.15. The lowest BCUT2D eigenvalue weighted by Gasteiger charge is -2.33. The Balaban J connectivity index is 1.83. The third-order valence-electron chi connectivity index (χ3n) is 5.52. The van der Waals surface area contributed by atoms with E-state index in [2.05, 4.69) is 0 Å². The Morgan fingerprint density at radius 2 is 1.65 bits per heavy atom. The fourth-order valence-electron chi connectivity index (χ4n) is 4.58. The molecule has 0 N–H and O–H groups in total. The van der Waals surface area contributed by atoms with E-state index in [1.807, 2.05) is 54.6 Å². The van der Waals surface area contributed by atoms with E-state index in [0.29, 0.717) is 0 Å². The van der Waals surface area contributed by atoms with Crippen LogP contribution in [0.15, 0.2) is 54.6 Å². The highest BCUT2D eigenvalue weighted by Crippen LogP contribution is 2.65. The molecule has 0 aliphatic carbocycles. The van der Waals surface area contributed by atoms with Gasteiger partial charge in [0.1, 0.15) is 5.60 Å². The molecular formula is C19H15NO3. The number of benzene rings is 2. The second-order valence-corrected chi connectivity index (χ2v) is 6.47. The standard InChI is InChI=1S/C19H15NO3/c1-20-17(21)14-15(18(20)22)19(11-7-3-2-4-8-11)13-10-6-5-9-12(13)16(14)23-19/h2-10,14-16H,1H3/t14-,15-,16-,19+/m1/s1. The normalized spacial score (nSPS) is 34.0. The Labute approximate surface area is 133 Å². The van der Waals surface area contributed by atoms with E-state index >= 15 is 0 Å². The molecule has 2 saturated heterocycles. The molecule has 3 aliphatic heterocycles. The van der Waals surface area contributed by atoms with Crippen LogP contribution in [0.25, 0.3) is 0 Å². The van der Waals surface area contributed by atoms with Gasteiger partial charge in [-0.05, 0) is 16.7 Å². The number of nitrogens with zero attached hydrogens (tertiary/aromatic N) is 1. The van der Waals surface area contributed by atoms with Crippen molar-refractivity contribution in [1.82, 2.24) is 4.90 Å². The van der Waals surface area contributed by atoms with Crippen LogP contribution < -0.4 is 0 Å². The molecule has 114 valence electrons. The first kappa shape index (κ1) is 13.0. The minimum absolute atomic E-state index is 0.127. The zero-order valence-electron chi connectivity index (χ0n) is 12.6. The molecule has 3 aliphatic rings. The van der Waals surface area contributed by atoms with Gasteiger partial charge in [-0.3, -0.25) is 14.5 Å². The molecule has 0 aromatic heterocycles. The number of hydrogen-bond donors (Lipinski definition) is 0. The summed E-state index contributed by atoms with van der Waals surface area (Å²) in [5.41, 5.74) is 2.16. The summed E-state index contributed by atoms with van der Waals surface area (Å²) in [4.78, 5) is 26.7. The number of amides is 2. The van der Waals surface area contributed by atoms with Crippen LogP contribution in [0.5, 0.6) is 0 Å². The maximum Gasteiger partial charge on any atom is 0.236 e. The van der Waals surface area contributed by atoms with Gasteiger partial charge in [-0.2, -0.15) is 0 Å². The number of fused-ring (bicyclic) bond motifs is 8. The van der Waals surface area contributed by atoms with Crippen LogP contribution >= 0.6 is 0 Å². The van der Waals surface area contributed by atoms with E-state index in [0.717, 1.165) is 16.7 Å². The van der Waals surface area contributed by atoms with Crippen molar-refractivity contribution in [3.8, 4) is 0 Å². The number of hydrogen-bond acceptors (Lipinski definition) is 3. The highest BCUT2D eigenvalue weighted by molar-refractivity contribution is 6.07. The molecule has 0 radical (unpaired) electrons. The van der Waals surface area contributed by atoms with Gasteiger partial charge in [0, 0.05) is 7.05 Å². The van der Waals surface area contributed by atoms with Crippen molar-refractivity contribution in [3.05, 3.63) is 71.3 Å². The van der Waals surface area contributed by atoms with Gasteiger partial charge in [-0.1, -0.05) is 54.6 Å². The summed E-state index contributed by atoms with van der Waals surface area (Å²) in [6.45, 7) is 0. The topological polar surface area (TPSA) is 46.6 Å². The number of rotatable bonds is 1. The van der Waals surface area contributed by atoms with Crippen molar-refractivity contribution in [2.45, 2.75) is 11.7 Å². The van der Waals surface area contributed by atoms with Gasteiger partial charge in [0.15, 0.2) is 0 Å². The third-order valence-corrected chi connectivity index (χ3v) is 5.52. The highest BCUT2D eigenvalue weighted by atomic mass is 16.5. The number of imide groups is 1. The summed E-state index contributed by atoms with van der Waals surface area (Å²) in [5, 5.41) is 0. The van der Waals surface area contributed by atoms with Gasteiger partial charge >= 0.3 is 0 Å². The Hall–Kier alpha value is -2.46. The average molecular weight is 305 g/mol. The maximum atomic E-state index is 12.8. The van der Waals surface area contributed by atoms with Crippen LogP contribution in [0.1, 0.15) is 22.8 Å². The predicted molar refractivity (Wildman–Crippen MR) is 82.2 cm³/mol. The fourth-order valence-corrected chi connectivity index (χ4v) is 4.58. The predicted octanol–water partition coefficient (Wildman–Crippen LogP) is 2.25. The molecule has 2 aromatic rings. The van der Waals surface area contributed by atoms with Crippen LogP contribution in [-0.2, 0) is 19.9 Å². The average Bonchev–Trinajstić information content (AvgIpc) is 3.20. The van der Waals surface area contributed by atoms with Crippen molar-refractivity contribution >= 4 is 11.8 Å². The Morgan fingerprint density at radius 3 is 2.43 bits per heavy atom. The van der Waals surface area contributed by atoms with Crippen molar-refractivity contribution in [3.63, 3.8) is 0 Å². The second kappa shape index (κ2) is 4.09. The van der Waals surface area contributed by atoms with E-state index in [1.54, 1.807) is 7.05 Å². The number of ether oxygens (including phenoxy) is 1. The molecule has 4 heteroatoms. The summed E-state index contributed by atoms with van der Waals surface area (Å²) in [6, 6.07) is 17.8. The number of carbonyl (C=O) groups excluding carboxylic acids is 2. The molecule has 4 nitrogen and oxygen atoms in total. The van der Waals surface area contributed by atoms with Crippen LogP contribution in [0.2, 0.25) is 0 Å². The van der Waals surface area contributed by atoms with Crippen LogP contribution in [0.3, 0.4) is 0 Å². The minimum Gasteiger partial charge on any atom is -0.356 e. The molecule has 4 atom stereocenters. The molecule has 0 saturated carbocycles. The van der Waals surface area contributed by atoms with Crippen molar-refractivity contribution in [2.75, 3.05) is 7.05 Å². The van der Waals surface area contributed by atoms with E-state index in [1.165, 1.54) is 4.90 Å². The van der Waals surface area contributed by atoms with E-state index in [4.69, 9.17) is 4.74 Å². The fraction of sp³-hybridized carbons (Fsp3) is 0.263. The SMILES string of the molecule is CN1C(=O)[C@H]2[C@@H]3O[C@@](c4ccccc4)(c4ccccc43)[C@H]2C1=O. The Morgan fingerprint density at radius 1 is 0.957 bits per heavy atom. The lowest BCUT2D eigenvalue weighted by Crippen LogP contribution is -2.40. The van der Waals surface area contributed by atoms with Crippen molar-refractivity contribution in [2.24, 2.45) is 11.8 Å². The molecule has 0 spiro atoms. The molecule has 2 fully saturated rings. The Kier molecular flexibility index (Phi) is 2.31. The molecule has 3 heterocycles. The molecular weight excluding hydrogens is 290 g/mol. The zero-order chi connectivity index (χ0) is 15.8. The van der Waals surface area contributed by atoms with Crippen LogP contribution in [0.4, 0.5) is 0 Å². The van der Waals surface area contributed by atoms with E-state index in [-0.39, 0.29) is 17.9 Å². The van der Waals surface area contributed by atoms with Crippen LogP contribution in [-0.4, -0.2) is 23.8 Å². The molecule has 2 aromatic carbocycles. The molecule has 23 heavy (non-hydrogen) atoms. The second-order valence-electron chi connectivity index (χ2n) is 6.47. The first-order valence-electron chi connectivity index (χ1n) is 7.80. The summed E-state index contributed by atoms with van der Waals surface area (Å²) in [6.07, 6.45) is -0.335. The quantitative estimate of drug-likeness (QED) is 0.759.